The van der Waals surface area contributed by atoms with E-state index in [0.29, 0.717) is 0 Å². The summed E-state index contributed by atoms with van der Waals surface area (Å²) in [6.07, 6.45) is 0. The maximum Gasteiger partial charge on any atom is 0 e. The molecular formula is C2H6N2Y-2. The van der Waals surface area contributed by atoms with Crippen LogP contribution in [0.3, 0.4) is 0 Å². The van der Waals surface area contributed by atoms with Crippen molar-refractivity contribution in [1.29, 1.82) is 0 Å². The zero-order valence-electron chi connectivity index (χ0n) is 2.99. The molecule has 0 unspecified atom stereocenters. The first-order valence-corrected chi connectivity index (χ1v) is 1.21. The average Bonchev–Trinajstić information content (AvgIpc) is 1.37. The molecule has 0 rings (SSSR count). The largest absolute Gasteiger partial charge is 0.679 e. The monoisotopic (exact) mass is 147 g/mol. The third-order valence-electron chi connectivity index (χ3n) is 0.125. The molecule has 5 heavy (non-hydrogen) atoms. The van der Waals surface area contributed by atoms with Crippen LogP contribution in [0.15, 0.2) is 0 Å². The van der Waals surface area contributed by atoms with Gasteiger partial charge in [0.05, 0.1) is 0 Å². The molecule has 2 nitrogen and oxygen atoms in total. The molecule has 0 atom stereocenters. The van der Waals surface area contributed by atoms with Crippen molar-refractivity contribution < 1.29 is 32.7 Å². The molecule has 1 radical (unpaired) electrons. The Morgan fingerprint density at radius 3 is 1.20 bits per heavy atom. The number of hydrogen-bond acceptors (Lipinski definition) is 0. The molecule has 0 aliphatic rings. The summed E-state index contributed by atoms with van der Waals surface area (Å²) in [5.74, 6) is 0. The summed E-state index contributed by atoms with van der Waals surface area (Å²) in [6, 6.07) is 0. The van der Waals surface area contributed by atoms with Crippen molar-refractivity contribution >= 4 is 0 Å². The Bertz CT molecular complexity index is 9.61. The van der Waals surface area contributed by atoms with Gasteiger partial charge in [0, 0.05) is 32.7 Å². The van der Waals surface area contributed by atoms with E-state index in [-0.39, 0.29) is 45.8 Å². The van der Waals surface area contributed by atoms with Gasteiger partial charge in [-0.25, -0.2) is 0 Å². The quantitative estimate of drug-likeness (QED) is 0.532. The second-order valence-electron chi connectivity index (χ2n) is 0.500. The zero-order valence-corrected chi connectivity index (χ0v) is 5.83. The first-order valence-electron chi connectivity index (χ1n) is 1.21. The molecule has 0 spiro atoms. The Kier molecular flexibility index (Phi) is 16.7. The first-order chi connectivity index (χ1) is 1.91. The molecule has 0 saturated carbocycles. The predicted octanol–water partition coefficient (Wildman–Crippen LogP) is 1.09. The molecule has 0 amide bonds. The fraction of sp³-hybridized carbons (Fsp3) is 1.00. The maximum absolute atomic E-state index is 6.26. The SMILES string of the molecule is [NH-]CC[NH-].[Y]. The normalized spacial score (nSPS) is 6.00. The van der Waals surface area contributed by atoms with Crippen LogP contribution in [0, 0.1) is 0 Å². The minimum atomic E-state index is 0. The molecule has 2 N–H and O–H groups in total. The van der Waals surface area contributed by atoms with Gasteiger partial charge in [-0.2, -0.15) is 13.1 Å². The minimum absolute atomic E-state index is 0. The van der Waals surface area contributed by atoms with Crippen molar-refractivity contribution in [2.75, 3.05) is 13.1 Å². The van der Waals surface area contributed by atoms with E-state index in [1.807, 2.05) is 0 Å². The van der Waals surface area contributed by atoms with E-state index in [2.05, 4.69) is 0 Å². The summed E-state index contributed by atoms with van der Waals surface area (Å²) in [5.41, 5.74) is 12.5. The van der Waals surface area contributed by atoms with Gasteiger partial charge in [0.15, 0.2) is 0 Å². The number of nitrogens with one attached hydrogen (secondary N) is 2. The fourth-order valence-electron chi connectivity index (χ4n) is 0. The number of rotatable bonds is 1. The van der Waals surface area contributed by atoms with Gasteiger partial charge in [-0.1, -0.05) is 0 Å². The molecule has 0 aliphatic heterocycles. The van der Waals surface area contributed by atoms with Crippen LogP contribution < -0.4 is 0 Å². The van der Waals surface area contributed by atoms with Gasteiger partial charge in [0.1, 0.15) is 0 Å². The Morgan fingerprint density at radius 1 is 1.00 bits per heavy atom. The second kappa shape index (κ2) is 8.90. The van der Waals surface area contributed by atoms with Crippen molar-refractivity contribution in [3.05, 3.63) is 11.5 Å². The average molecular weight is 147 g/mol. The van der Waals surface area contributed by atoms with Crippen molar-refractivity contribution in [2.45, 2.75) is 0 Å². The number of hydrogen-bond donors (Lipinski definition) is 0. The Labute approximate surface area is 57.2 Å². The first kappa shape index (κ1) is 9.39. The second-order valence-corrected chi connectivity index (χ2v) is 0.500. The van der Waals surface area contributed by atoms with Gasteiger partial charge in [-0.3, -0.25) is 0 Å². The standard InChI is InChI=1S/C2H6N2.Y/c3-1-2-4;/h3-4H,1-2H2;/q-2;. The third kappa shape index (κ3) is 11.2. The summed E-state index contributed by atoms with van der Waals surface area (Å²) < 4.78 is 0. The molecule has 0 aromatic rings. The summed E-state index contributed by atoms with van der Waals surface area (Å²) in [6.45, 7) is 0.472. The van der Waals surface area contributed by atoms with E-state index in [9.17, 15) is 0 Å². The van der Waals surface area contributed by atoms with Gasteiger partial charge >= 0.3 is 0 Å². The Hall–Kier alpha value is 1.02. The van der Waals surface area contributed by atoms with Gasteiger partial charge in [0.25, 0.3) is 0 Å². The molecule has 0 aromatic carbocycles. The van der Waals surface area contributed by atoms with Crippen molar-refractivity contribution in [1.82, 2.24) is 0 Å². The molecule has 0 heterocycles. The Morgan fingerprint density at radius 2 is 1.20 bits per heavy atom. The van der Waals surface area contributed by atoms with E-state index in [1.165, 1.54) is 0 Å². The van der Waals surface area contributed by atoms with E-state index in [0.717, 1.165) is 0 Å². The molecule has 0 aromatic heterocycles. The van der Waals surface area contributed by atoms with Gasteiger partial charge in [-0.15, -0.1) is 0 Å². The van der Waals surface area contributed by atoms with Crippen LogP contribution in [-0.2, 0) is 32.7 Å². The summed E-state index contributed by atoms with van der Waals surface area (Å²) in [7, 11) is 0. The fourth-order valence-corrected chi connectivity index (χ4v) is 0. The Balaban J connectivity index is 0. The molecule has 0 fully saturated rings. The summed E-state index contributed by atoms with van der Waals surface area (Å²) >= 11 is 0. The summed E-state index contributed by atoms with van der Waals surface area (Å²) in [4.78, 5) is 0. The van der Waals surface area contributed by atoms with Crippen LogP contribution in [0.5, 0.6) is 0 Å². The van der Waals surface area contributed by atoms with Gasteiger partial charge in [0.2, 0.25) is 0 Å². The van der Waals surface area contributed by atoms with Crippen LogP contribution in [0.1, 0.15) is 0 Å². The van der Waals surface area contributed by atoms with E-state index in [4.69, 9.17) is 11.5 Å². The molecular weight excluding hydrogens is 141 g/mol. The van der Waals surface area contributed by atoms with Crippen LogP contribution in [0.25, 0.3) is 11.5 Å². The smallest absolute Gasteiger partial charge is 0 e. The predicted molar refractivity (Wildman–Crippen MR) is 18.4 cm³/mol. The molecule has 0 bridgehead atoms. The minimum Gasteiger partial charge on any atom is -0.679 e. The maximum atomic E-state index is 6.26. The van der Waals surface area contributed by atoms with Crippen LogP contribution in [-0.4, -0.2) is 13.1 Å². The molecule has 29 valence electrons. The van der Waals surface area contributed by atoms with Crippen molar-refractivity contribution in [3.63, 3.8) is 0 Å². The van der Waals surface area contributed by atoms with Crippen LogP contribution >= 0.6 is 0 Å². The van der Waals surface area contributed by atoms with E-state index >= 15 is 0 Å². The van der Waals surface area contributed by atoms with Crippen molar-refractivity contribution in [3.8, 4) is 0 Å². The van der Waals surface area contributed by atoms with Crippen molar-refractivity contribution in [2.24, 2.45) is 0 Å². The third-order valence-corrected chi connectivity index (χ3v) is 0.125. The van der Waals surface area contributed by atoms with Crippen LogP contribution in [0.4, 0.5) is 0 Å². The topological polar surface area (TPSA) is 47.6 Å². The van der Waals surface area contributed by atoms with Gasteiger partial charge < -0.3 is 11.5 Å². The van der Waals surface area contributed by atoms with Gasteiger partial charge in [-0.05, 0) is 0 Å². The van der Waals surface area contributed by atoms with Crippen LogP contribution in [0.2, 0.25) is 0 Å². The van der Waals surface area contributed by atoms with E-state index < -0.39 is 0 Å². The molecule has 0 aliphatic carbocycles. The molecule has 3 heteroatoms. The van der Waals surface area contributed by atoms with E-state index in [1.54, 1.807) is 0 Å². The zero-order chi connectivity index (χ0) is 3.41. The molecule has 0 saturated heterocycles. The summed E-state index contributed by atoms with van der Waals surface area (Å²) in [5, 5.41) is 0.